The third-order valence-corrected chi connectivity index (χ3v) is 3.39. The van der Waals surface area contributed by atoms with Crippen LogP contribution in [0.4, 0.5) is 4.79 Å². The summed E-state index contributed by atoms with van der Waals surface area (Å²) in [5.74, 6) is 1.39. The van der Waals surface area contributed by atoms with E-state index >= 15 is 0 Å². The van der Waals surface area contributed by atoms with Gasteiger partial charge in [0.25, 0.3) is 0 Å². The number of hydrogen-bond acceptors (Lipinski definition) is 3. The molecule has 0 aliphatic carbocycles. The van der Waals surface area contributed by atoms with Crippen molar-refractivity contribution in [1.29, 1.82) is 0 Å². The zero-order valence-electron chi connectivity index (χ0n) is 13.6. The minimum atomic E-state index is -0.205. The Morgan fingerprint density at radius 3 is 2.38 bits per heavy atom. The predicted octanol–water partition coefficient (Wildman–Crippen LogP) is 2.69. The molecule has 0 atom stereocenters. The van der Waals surface area contributed by atoms with Crippen LogP contribution in [0.15, 0.2) is 18.2 Å². The maximum Gasteiger partial charge on any atom is 0.314 e. The summed E-state index contributed by atoms with van der Waals surface area (Å²) in [5, 5.41) is 5.70. The molecule has 2 amide bonds. The van der Waals surface area contributed by atoms with Crippen molar-refractivity contribution in [2.24, 2.45) is 0 Å². The second-order valence-electron chi connectivity index (χ2n) is 5.56. The second kappa shape index (κ2) is 7.76. The molecule has 0 saturated carbocycles. The number of nitrogens with one attached hydrogen (secondary N) is 2. The van der Waals surface area contributed by atoms with Crippen molar-refractivity contribution in [2.75, 3.05) is 27.3 Å². The standard InChI is InChI=1S/C16H26N2O3/c1-6-9-17-15(19)18-11-16(2,3)12-7-8-13(20-4)14(10-12)21-5/h7-8,10H,6,9,11H2,1-5H3,(H2,17,18,19). The summed E-state index contributed by atoms with van der Waals surface area (Å²) in [6, 6.07) is 5.69. The number of carbonyl (C=O) groups excluding carboxylic acids is 1. The number of carbonyl (C=O) groups is 1. The first-order chi connectivity index (χ1) is 9.94. The zero-order chi connectivity index (χ0) is 15.9. The van der Waals surface area contributed by atoms with Crippen molar-refractivity contribution in [3.63, 3.8) is 0 Å². The van der Waals surface area contributed by atoms with Gasteiger partial charge in [0.2, 0.25) is 0 Å². The molecule has 0 aromatic heterocycles. The molecule has 2 N–H and O–H groups in total. The summed E-state index contributed by atoms with van der Waals surface area (Å²) in [7, 11) is 3.23. The fourth-order valence-electron chi connectivity index (χ4n) is 1.96. The van der Waals surface area contributed by atoms with E-state index in [1.165, 1.54) is 0 Å². The molecule has 0 aliphatic rings. The molecule has 5 heteroatoms. The largest absolute Gasteiger partial charge is 0.493 e. The van der Waals surface area contributed by atoms with Crippen LogP contribution in [0.3, 0.4) is 0 Å². The topological polar surface area (TPSA) is 59.6 Å². The van der Waals surface area contributed by atoms with Gasteiger partial charge in [0.1, 0.15) is 0 Å². The van der Waals surface area contributed by atoms with Gasteiger partial charge in [-0.05, 0) is 24.1 Å². The highest BCUT2D eigenvalue weighted by Crippen LogP contribution is 2.32. The molecule has 0 saturated heterocycles. The molecule has 0 fully saturated rings. The highest BCUT2D eigenvalue weighted by atomic mass is 16.5. The molecule has 118 valence electrons. The van der Waals surface area contributed by atoms with Crippen LogP contribution >= 0.6 is 0 Å². The van der Waals surface area contributed by atoms with Crippen LogP contribution in [-0.2, 0) is 5.41 Å². The number of ether oxygens (including phenoxy) is 2. The highest BCUT2D eigenvalue weighted by molar-refractivity contribution is 5.73. The molecule has 1 rings (SSSR count). The Hall–Kier alpha value is -1.91. The smallest absolute Gasteiger partial charge is 0.314 e. The van der Waals surface area contributed by atoms with Gasteiger partial charge in [0, 0.05) is 18.5 Å². The van der Waals surface area contributed by atoms with Gasteiger partial charge in [-0.25, -0.2) is 4.79 Å². The average Bonchev–Trinajstić information content (AvgIpc) is 2.50. The number of benzene rings is 1. The minimum absolute atomic E-state index is 0.134. The van der Waals surface area contributed by atoms with Gasteiger partial charge >= 0.3 is 6.03 Å². The number of amides is 2. The van der Waals surface area contributed by atoms with E-state index in [1.807, 2.05) is 25.1 Å². The molecule has 0 heterocycles. The van der Waals surface area contributed by atoms with E-state index in [9.17, 15) is 4.79 Å². The Morgan fingerprint density at radius 2 is 1.81 bits per heavy atom. The summed E-state index contributed by atoms with van der Waals surface area (Å²) in [6.07, 6.45) is 0.923. The van der Waals surface area contributed by atoms with Crippen molar-refractivity contribution >= 4 is 6.03 Å². The van der Waals surface area contributed by atoms with Gasteiger partial charge in [-0.3, -0.25) is 0 Å². The van der Waals surface area contributed by atoms with Gasteiger partial charge in [0.15, 0.2) is 11.5 Å². The minimum Gasteiger partial charge on any atom is -0.493 e. The van der Waals surface area contributed by atoms with Gasteiger partial charge in [-0.15, -0.1) is 0 Å². The molecular formula is C16H26N2O3. The summed E-state index contributed by atoms with van der Waals surface area (Å²) in [5.41, 5.74) is 0.874. The lowest BCUT2D eigenvalue weighted by atomic mass is 9.84. The lowest BCUT2D eigenvalue weighted by Crippen LogP contribution is -2.42. The summed E-state index contributed by atoms with van der Waals surface area (Å²) >= 11 is 0. The zero-order valence-corrected chi connectivity index (χ0v) is 13.6. The molecule has 0 spiro atoms. The summed E-state index contributed by atoms with van der Waals surface area (Å²) < 4.78 is 10.6. The van der Waals surface area contributed by atoms with Crippen LogP contribution in [0.5, 0.6) is 11.5 Å². The number of hydrogen-bond donors (Lipinski definition) is 2. The van der Waals surface area contributed by atoms with E-state index in [1.54, 1.807) is 14.2 Å². The maximum absolute atomic E-state index is 11.6. The molecule has 21 heavy (non-hydrogen) atoms. The summed E-state index contributed by atoms with van der Waals surface area (Å²) in [4.78, 5) is 11.6. The molecule has 0 radical (unpaired) electrons. The van der Waals surface area contributed by atoms with E-state index in [-0.39, 0.29) is 11.4 Å². The monoisotopic (exact) mass is 294 g/mol. The van der Waals surface area contributed by atoms with E-state index in [4.69, 9.17) is 9.47 Å². The fourth-order valence-corrected chi connectivity index (χ4v) is 1.96. The van der Waals surface area contributed by atoms with Crippen molar-refractivity contribution in [2.45, 2.75) is 32.6 Å². The van der Waals surface area contributed by atoms with Crippen molar-refractivity contribution < 1.29 is 14.3 Å². The van der Waals surface area contributed by atoms with E-state index < -0.39 is 0 Å². The Bertz CT molecular complexity index is 473. The molecule has 1 aromatic carbocycles. The first kappa shape index (κ1) is 17.1. The Morgan fingerprint density at radius 1 is 1.14 bits per heavy atom. The van der Waals surface area contributed by atoms with Gasteiger partial charge in [-0.2, -0.15) is 0 Å². The average molecular weight is 294 g/mol. The van der Waals surface area contributed by atoms with Gasteiger partial charge in [0.05, 0.1) is 14.2 Å². The van der Waals surface area contributed by atoms with Crippen LogP contribution < -0.4 is 20.1 Å². The quantitative estimate of drug-likeness (QED) is 0.813. The maximum atomic E-state index is 11.6. The number of urea groups is 1. The lowest BCUT2D eigenvalue weighted by Gasteiger charge is -2.26. The van der Waals surface area contributed by atoms with E-state index in [0.29, 0.717) is 24.6 Å². The molecule has 5 nitrogen and oxygen atoms in total. The Kier molecular flexibility index (Phi) is 6.34. The second-order valence-corrected chi connectivity index (χ2v) is 5.56. The van der Waals surface area contributed by atoms with Crippen LogP contribution in [-0.4, -0.2) is 33.3 Å². The fraction of sp³-hybridized carbons (Fsp3) is 0.562. The molecular weight excluding hydrogens is 268 g/mol. The third kappa shape index (κ3) is 4.85. The van der Waals surface area contributed by atoms with E-state index in [0.717, 1.165) is 12.0 Å². The molecule has 0 aliphatic heterocycles. The van der Waals surface area contributed by atoms with Crippen LogP contribution in [0.25, 0.3) is 0 Å². The lowest BCUT2D eigenvalue weighted by molar-refractivity contribution is 0.238. The highest BCUT2D eigenvalue weighted by Gasteiger charge is 2.23. The summed E-state index contributed by atoms with van der Waals surface area (Å²) in [6.45, 7) is 7.40. The van der Waals surface area contributed by atoms with Crippen molar-refractivity contribution in [1.82, 2.24) is 10.6 Å². The number of methoxy groups -OCH3 is 2. The first-order valence-corrected chi connectivity index (χ1v) is 7.18. The SMILES string of the molecule is CCCNC(=O)NCC(C)(C)c1ccc(OC)c(OC)c1. The van der Waals surface area contributed by atoms with Crippen LogP contribution in [0.1, 0.15) is 32.8 Å². The van der Waals surface area contributed by atoms with Crippen molar-refractivity contribution in [3.05, 3.63) is 23.8 Å². The van der Waals surface area contributed by atoms with Gasteiger partial charge < -0.3 is 20.1 Å². The van der Waals surface area contributed by atoms with Crippen molar-refractivity contribution in [3.8, 4) is 11.5 Å². The Labute approximate surface area is 127 Å². The third-order valence-electron chi connectivity index (χ3n) is 3.39. The van der Waals surface area contributed by atoms with Crippen LogP contribution in [0.2, 0.25) is 0 Å². The van der Waals surface area contributed by atoms with Crippen LogP contribution in [0, 0.1) is 0 Å². The predicted molar refractivity (Wildman–Crippen MR) is 84.3 cm³/mol. The first-order valence-electron chi connectivity index (χ1n) is 7.18. The van der Waals surface area contributed by atoms with E-state index in [2.05, 4.69) is 24.5 Å². The molecule has 1 aromatic rings. The normalized spacial score (nSPS) is 10.9. The Balaban J connectivity index is 2.75. The number of rotatable bonds is 7. The molecule has 0 bridgehead atoms. The van der Waals surface area contributed by atoms with Gasteiger partial charge in [-0.1, -0.05) is 26.8 Å². The molecule has 0 unspecified atom stereocenters.